The van der Waals surface area contributed by atoms with Crippen LogP contribution in [-0.2, 0) is 6.54 Å². The molecule has 0 radical (unpaired) electrons. The van der Waals surface area contributed by atoms with Crippen LogP contribution in [0.25, 0.3) is 0 Å². The second-order valence-electron chi connectivity index (χ2n) is 7.56. The van der Waals surface area contributed by atoms with E-state index in [9.17, 15) is 14.0 Å². The third-order valence-electron chi connectivity index (χ3n) is 4.85. The largest absolute Gasteiger partial charge is 0.395 e. The molecule has 2 amide bonds. The Morgan fingerprint density at radius 3 is 2.59 bits per heavy atom. The van der Waals surface area contributed by atoms with Gasteiger partial charge in [-0.25, -0.2) is 9.82 Å². The van der Waals surface area contributed by atoms with Crippen LogP contribution < -0.4 is 10.7 Å². The second-order valence-corrected chi connectivity index (χ2v) is 7.99. The first-order valence-corrected chi connectivity index (χ1v) is 10.8. The summed E-state index contributed by atoms with van der Waals surface area (Å²) in [4.78, 5) is 27.5. The highest BCUT2D eigenvalue weighted by molar-refractivity contribution is 6.31. The quantitative estimate of drug-likeness (QED) is 0.318. The number of rotatable bonds is 9. The van der Waals surface area contributed by atoms with E-state index in [0.29, 0.717) is 29.2 Å². The van der Waals surface area contributed by atoms with Crippen molar-refractivity contribution in [1.82, 2.24) is 10.3 Å². The summed E-state index contributed by atoms with van der Waals surface area (Å²) in [5, 5.41) is 16.0. The molecule has 7 nitrogen and oxygen atoms in total. The Bertz CT molecular complexity index is 1190. The Morgan fingerprint density at radius 1 is 1.09 bits per heavy atom. The third kappa shape index (κ3) is 7.21. The fourth-order valence-electron chi connectivity index (χ4n) is 3.15. The number of likely N-dealkylation sites (N-methyl/N-ethyl adjacent to an activating group) is 1. The van der Waals surface area contributed by atoms with Crippen LogP contribution in [0.3, 0.4) is 0 Å². The average Bonchev–Trinajstić information content (AvgIpc) is 2.81. The summed E-state index contributed by atoms with van der Waals surface area (Å²) < 4.78 is 13.0. The van der Waals surface area contributed by atoms with Crippen molar-refractivity contribution in [3.05, 3.63) is 99.8 Å². The van der Waals surface area contributed by atoms with Gasteiger partial charge in [0.25, 0.3) is 11.8 Å². The Hall–Kier alpha value is -3.59. The lowest BCUT2D eigenvalue weighted by atomic mass is 10.1. The molecule has 0 aliphatic heterocycles. The summed E-state index contributed by atoms with van der Waals surface area (Å²) in [7, 11) is 1.88. The molecule has 34 heavy (non-hydrogen) atoms. The van der Waals surface area contributed by atoms with E-state index >= 15 is 0 Å². The van der Waals surface area contributed by atoms with Gasteiger partial charge < -0.3 is 10.4 Å². The number of anilines is 1. The number of carbonyl (C=O) groups is 2. The molecule has 0 unspecified atom stereocenters. The Balaban J connectivity index is 1.72. The maximum absolute atomic E-state index is 13.0. The number of nitrogens with zero attached hydrogens (tertiary/aromatic N) is 2. The van der Waals surface area contributed by atoms with Gasteiger partial charge in [0.2, 0.25) is 0 Å². The SMILES string of the molecule is CN(CCO)Cc1cccc(C(=O)Nc2ccc(Cl)cc2C(=O)N/N=C/c2ccc(F)cc2)c1. The smallest absolute Gasteiger partial charge is 0.273 e. The predicted octanol–water partition coefficient (Wildman–Crippen LogP) is 3.92. The van der Waals surface area contributed by atoms with Crippen LogP contribution in [0.5, 0.6) is 0 Å². The number of benzene rings is 3. The number of carbonyl (C=O) groups excluding carboxylic acids is 2. The van der Waals surface area contributed by atoms with Gasteiger partial charge in [-0.2, -0.15) is 5.10 Å². The summed E-state index contributed by atoms with van der Waals surface area (Å²) >= 11 is 6.06. The fraction of sp³-hybridized carbons (Fsp3) is 0.160. The molecule has 3 aromatic carbocycles. The molecule has 0 atom stereocenters. The molecule has 0 aliphatic carbocycles. The van der Waals surface area contributed by atoms with Crippen LogP contribution >= 0.6 is 11.6 Å². The molecule has 0 spiro atoms. The van der Waals surface area contributed by atoms with Gasteiger partial charge in [0.05, 0.1) is 24.1 Å². The first kappa shape index (κ1) is 25.0. The highest BCUT2D eigenvalue weighted by Crippen LogP contribution is 2.22. The van der Waals surface area contributed by atoms with E-state index in [4.69, 9.17) is 16.7 Å². The number of halogens is 2. The summed E-state index contributed by atoms with van der Waals surface area (Å²) in [5.74, 6) is -1.34. The summed E-state index contributed by atoms with van der Waals surface area (Å²) in [6.07, 6.45) is 1.37. The van der Waals surface area contributed by atoms with E-state index in [-0.39, 0.29) is 23.7 Å². The minimum absolute atomic E-state index is 0.0476. The number of hydrazone groups is 1. The summed E-state index contributed by atoms with van der Waals surface area (Å²) in [6.45, 7) is 1.14. The molecule has 0 saturated carbocycles. The lowest BCUT2D eigenvalue weighted by Gasteiger charge is -2.16. The first-order chi connectivity index (χ1) is 16.4. The molecule has 3 aromatic rings. The summed E-state index contributed by atoms with van der Waals surface area (Å²) in [6, 6.07) is 17.2. The zero-order valence-electron chi connectivity index (χ0n) is 18.5. The molecule has 9 heteroatoms. The highest BCUT2D eigenvalue weighted by atomic mass is 35.5. The van der Waals surface area contributed by atoms with Gasteiger partial charge in [0.1, 0.15) is 5.82 Å². The zero-order chi connectivity index (χ0) is 24.5. The van der Waals surface area contributed by atoms with E-state index in [2.05, 4.69) is 15.8 Å². The summed E-state index contributed by atoms with van der Waals surface area (Å²) in [5.41, 5.74) is 4.73. The molecule has 0 aromatic heterocycles. The lowest BCUT2D eigenvalue weighted by molar-refractivity contribution is 0.0956. The standard InChI is InChI=1S/C25H24ClFN4O3/c1-31(11-12-32)16-18-3-2-4-19(13-18)24(33)29-23-10-7-20(26)14-22(23)25(34)30-28-15-17-5-8-21(27)9-6-17/h2-10,13-15,32H,11-12,16H2,1H3,(H,29,33)(H,30,34)/b28-15+. The highest BCUT2D eigenvalue weighted by Gasteiger charge is 2.15. The third-order valence-corrected chi connectivity index (χ3v) is 5.08. The van der Waals surface area contributed by atoms with E-state index in [1.54, 1.807) is 24.3 Å². The van der Waals surface area contributed by atoms with Crippen molar-refractivity contribution in [1.29, 1.82) is 0 Å². The van der Waals surface area contributed by atoms with Gasteiger partial charge in [-0.05, 0) is 60.6 Å². The number of amides is 2. The van der Waals surface area contributed by atoms with Crippen LogP contribution in [0.15, 0.2) is 71.8 Å². The number of aliphatic hydroxyl groups is 1. The second kappa shape index (κ2) is 12.0. The maximum Gasteiger partial charge on any atom is 0.273 e. The van der Waals surface area contributed by atoms with E-state index in [1.165, 1.54) is 42.6 Å². The minimum atomic E-state index is -0.574. The minimum Gasteiger partial charge on any atom is -0.395 e. The molecule has 176 valence electrons. The Morgan fingerprint density at radius 2 is 1.85 bits per heavy atom. The molecular weight excluding hydrogens is 459 g/mol. The van der Waals surface area contributed by atoms with Crippen molar-refractivity contribution in [2.75, 3.05) is 25.5 Å². The van der Waals surface area contributed by atoms with Gasteiger partial charge in [-0.3, -0.25) is 14.5 Å². The normalized spacial score (nSPS) is 11.1. The number of hydrogen-bond acceptors (Lipinski definition) is 5. The van der Waals surface area contributed by atoms with Gasteiger partial charge in [-0.15, -0.1) is 0 Å². The molecule has 0 saturated heterocycles. The monoisotopic (exact) mass is 482 g/mol. The lowest BCUT2D eigenvalue weighted by Crippen LogP contribution is -2.22. The van der Waals surface area contributed by atoms with Crippen molar-refractivity contribution in [3.63, 3.8) is 0 Å². The van der Waals surface area contributed by atoms with Crippen molar-refractivity contribution < 1.29 is 19.1 Å². The molecule has 0 aliphatic rings. The topological polar surface area (TPSA) is 94.0 Å². The van der Waals surface area contributed by atoms with Gasteiger partial charge >= 0.3 is 0 Å². The van der Waals surface area contributed by atoms with Gasteiger partial charge in [0, 0.05) is 23.7 Å². The van der Waals surface area contributed by atoms with Gasteiger partial charge in [0.15, 0.2) is 0 Å². The van der Waals surface area contributed by atoms with E-state index < -0.39 is 11.8 Å². The van der Waals surface area contributed by atoms with E-state index in [0.717, 1.165) is 5.56 Å². The predicted molar refractivity (Wildman–Crippen MR) is 131 cm³/mol. The van der Waals surface area contributed by atoms with Crippen LogP contribution in [0, 0.1) is 5.82 Å². The van der Waals surface area contributed by atoms with Crippen LogP contribution in [0.2, 0.25) is 5.02 Å². The van der Waals surface area contributed by atoms with Crippen LogP contribution in [-0.4, -0.2) is 48.2 Å². The van der Waals surface area contributed by atoms with Crippen LogP contribution in [0.1, 0.15) is 31.8 Å². The zero-order valence-corrected chi connectivity index (χ0v) is 19.2. The average molecular weight is 483 g/mol. The molecule has 0 heterocycles. The number of aliphatic hydroxyl groups excluding tert-OH is 1. The number of hydrogen-bond donors (Lipinski definition) is 3. The fourth-order valence-corrected chi connectivity index (χ4v) is 3.33. The van der Waals surface area contributed by atoms with Gasteiger partial charge in [-0.1, -0.05) is 35.9 Å². The van der Waals surface area contributed by atoms with Crippen molar-refractivity contribution in [2.45, 2.75) is 6.54 Å². The maximum atomic E-state index is 13.0. The molecule has 0 fully saturated rings. The van der Waals surface area contributed by atoms with Crippen LogP contribution in [0.4, 0.5) is 10.1 Å². The Labute approximate surface area is 201 Å². The van der Waals surface area contributed by atoms with Crippen molar-refractivity contribution in [3.8, 4) is 0 Å². The first-order valence-electron chi connectivity index (χ1n) is 10.4. The Kier molecular flexibility index (Phi) is 8.86. The number of nitrogens with one attached hydrogen (secondary N) is 2. The molecular formula is C25H24ClFN4O3. The molecule has 3 N–H and O–H groups in total. The molecule has 3 rings (SSSR count). The molecule has 0 bridgehead atoms. The van der Waals surface area contributed by atoms with Crippen molar-refractivity contribution in [2.24, 2.45) is 5.10 Å². The van der Waals surface area contributed by atoms with E-state index in [1.807, 2.05) is 18.0 Å². The van der Waals surface area contributed by atoms with Crippen molar-refractivity contribution >= 4 is 35.3 Å².